The Bertz CT molecular complexity index is 961. The van der Waals surface area contributed by atoms with E-state index in [-0.39, 0.29) is 12.4 Å². The van der Waals surface area contributed by atoms with Crippen molar-refractivity contribution in [1.29, 1.82) is 0 Å². The molecule has 1 saturated carbocycles. The Morgan fingerprint density at radius 2 is 2.14 bits per heavy atom. The Morgan fingerprint density at radius 3 is 2.90 bits per heavy atom. The third kappa shape index (κ3) is 4.37. The molecule has 0 saturated heterocycles. The first kappa shape index (κ1) is 19.7. The molecule has 1 N–H and O–H groups in total. The smallest absolute Gasteiger partial charge is 0.340 e. The number of hydrogen-bond acceptors (Lipinski definition) is 7. The average molecular weight is 413 g/mol. The van der Waals surface area contributed by atoms with E-state index >= 15 is 0 Å². The zero-order valence-electron chi connectivity index (χ0n) is 16.4. The molecule has 2 aliphatic rings. The van der Waals surface area contributed by atoms with Crippen molar-refractivity contribution >= 4 is 29.5 Å². The van der Waals surface area contributed by atoms with Crippen LogP contribution in [0, 0.1) is 0 Å². The van der Waals surface area contributed by atoms with Crippen molar-refractivity contribution in [2.45, 2.75) is 50.1 Å². The van der Waals surface area contributed by atoms with Crippen molar-refractivity contribution < 1.29 is 14.6 Å². The summed E-state index contributed by atoms with van der Waals surface area (Å²) in [6.45, 7) is 2.06. The van der Waals surface area contributed by atoms with Crippen molar-refractivity contribution in [3.63, 3.8) is 0 Å². The van der Waals surface area contributed by atoms with Crippen molar-refractivity contribution in [2.24, 2.45) is 5.10 Å². The first-order valence-electron chi connectivity index (χ1n) is 10.00. The van der Waals surface area contributed by atoms with Gasteiger partial charge in [0.05, 0.1) is 17.9 Å². The maximum Gasteiger partial charge on any atom is 0.340 e. The van der Waals surface area contributed by atoms with E-state index in [1.54, 1.807) is 35.9 Å². The largest absolute Gasteiger partial charge is 0.508 e. The van der Waals surface area contributed by atoms with E-state index < -0.39 is 5.97 Å². The molecule has 4 rings (SSSR count). The molecule has 1 aromatic carbocycles. The highest BCUT2D eigenvalue weighted by molar-refractivity contribution is 7.99. The molecule has 2 heterocycles. The van der Waals surface area contributed by atoms with Gasteiger partial charge >= 0.3 is 5.97 Å². The molecule has 1 aliphatic heterocycles. The van der Waals surface area contributed by atoms with Crippen LogP contribution in [0.2, 0.25) is 0 Å². The van der Waals surface area contributed by atoms with Gasteiger partial charge in [-0.05, 0) is 43.5 Å². The number of benzene rings is 1. The van der Waals surface area contributed by atoms with Gasteiger partial charge in [-0.1, -0.05) is 43.2 Å². The van der Waals surface area contributed by atoms with Crippen LogP contribution in [-0.4, -0.2) is 44.0 Å². The van der Waals surface area contributed by atoms with E-state index in [1.165, 1.54) is 31.0 Å². The molecule has 1 fully saturated rings. The number of aromatic nitrogens is 3. The third-order valence-electron chi connectivity index (χ3n) is 5.15. The summed E-state index contributed by atoms with van der Waals surface area (Å²) in [5.41, 5.74) is 1.72. The number of ether oxygens (including phenoxy) is 1. The minimum atomic E-state index is -0.425. The normalized spacial score (nSPS) is 17.6. The predicted molar refractivity (Wildman–Crippen MR) is 112 cm³/mol. The molecule has 0 bridgehead atoms. The van der Waals surface area contributed by atoms with Gasteiger partial charge in [-0.3, -0.25) is 0 Å². The highest BCUT2D eigenvalue weighted by atomic mass is 32.2. The lowest BCUT2D eigenvalue weighted by atomic mass is 9.89. The van der Waals surface area contributed by atoms with Crippen LogP contribution in [0.1, 0.15) is 56.3 Å². The highest BCUT2D eigenvalue weighted by Gasteiger charge is 2.28. The van der Waals surface area contributed by atoms with Gasteiger partial charge in [0.2, 0.25) is 5.16 Å². The van der Waals surface area contributed by atoms with Gasteiger partial charge in [0.15, 0.2) is 5.82 Å². The van der Waals surface area contributed by atoms with Gasteiger partial charge in [-0.25, -0.2) is 4.79 Å². The maximum absolute atomic E-state index is 12.7. The monoisotopic (exact) mass is 412 g/mol. The van der Waals surface area contributed by atoms with Crippen LogP contribution in [0.15, 0.2) is 40.1 Å². The summed E-state index contributed by atoms with van der Waals surface area (Å²) in [6.07, 6.45) is 7.56. The number of nitrogens with zero attached hydrogens (tertiary/aromatic N) is 4. The topological polar surface area (TPSA) is 89.6 Å². The number of carbonyl (C=O) groups excluding carboxylic acids is 1. The number of carbonyl (C=O) groups is 1. The van der Waals surface area contributed by atoms with Gasteiger partial charge in [0, 0.05) is 11.7 Å². The molecule has 1 aromatic heterocycles. The van der Waals surface area contributed by atoms with Crippen LogP contribution in [0.25, 0.3) is 6.08 Å². The number of thioether (sulfide) groups is 1. The molecule has 0 unspecified atom stereocenters. The first-order chi connectivity index (χ1) is 14.2. The summed E-state index contributed by atoms with van der Waals surface area (Å²) >= 11 is 1.52. The number of fused-ring (bicyclic) bond motifs is 1. The first-order valence-corrected chi connectivity index (χ1v) is 11.0. The minimum absolute atomic E-state index is 0.141. The van der Waals surface area contributed by atoms with Gasteiger partial charge in [-0.2, -0.15) is 9.78 Å². The van der Waals surface area contributed by atoms with Crippen molar-refractivity contribution in [3.05, 3.63) is 41.2 Å². The molecule has 29 heavy (non-hydrogen) atoms. The quantitative estimate of drug-likeness (QED) is 0.590. The lowest BCUT2D eigenvalue weighted by Crippen LogP contribution is -2.22. The second-order valence-electron chi connectivity index (χ2n) is 7.20. The zero-order valence-corrected chi connectivity index (χ0v) is 17.2. The van der Waals surface area contributed by atoms with Gasteiger partial charge in [0.1, 0.15) is 5.75 Å². The van der Waals surface area contributed by atoms with Crippen LogP contribution in [-0.2, 0) is 9.53 Å². The van der Waals surface area contributed by atoms with Gasteiger partial charge in [0.25, 0.3) is 0 Å². The Balaban J connectivity index is 1.72. The van der Waals surface area contributed by atoms with Crippen LogP contribution < -0.4 is 0 Å². The molecule has 1 aliphatic carbocycles. The molecule has 7 nitrogen and oxygen atoms in total. The molecule has 0 amide bonds. The minimum Gasteiger partial charge on any atom is -0.508 e. The van der Waals surface area contributed by atoms with E-state index in [4.69, 9.17) is 9.84 Å². The SMILES string of the molecule is CCOC(=O)/C(=C\c1cccc(O)c1)C1=Nn2c(nnc2C2CCCCC2)SC1. The van der Waals surface area contributed by atoms with E-state index in [9.17, 15) is 9.90 Å². The maximum atomic E-state index is 12.7. The van der Waals surface area contributed by atoms with Crippen LogP contribution >= 0.6 is 11.8 Å². The summed E-state index contributed by atoms with van der Waals surface area (Å²) in [6, 6.07) is 6.76. The van der Waals surface area contributed by atoms with Crippen LogP contribution in [0.3, 0.4) is 0 Å². The lowest BCUT2D eigenvalue weighted by Gasteiger charge is -2.22. The summed E-state index contributed by atoms with van der Waals surface area (Å²) < 4.78 is 7.08. The average Bonchev–Trinajstić information content (AvgIpc) is 3.16. The zero-order chi connectivity index (χ0) is 20.2. The molecule has 0 atom stereocenters. The number of phenolic OH excluding ortho intramolecular Hbond substituents is 1. The number of aromatic hydroxyl groups is 1. The van der Waals surface area contributed by atoms with Crippen LogP contribution in [0.5, 0.6) is 5.75 Å². The van der Waals surface area contributed by atoms with Crippen molar-refractivity contribution in [3.8, 4) is 5.75 Å². The second kappa shape index (κ2) is 8.82. The standard InChI is InChI=1S/C21H24N4O3S/c1-2-28-20(27)17(12-14-7-6-10-16(26)11-14)18-13-29-21-23-22-19(25(21)24-18)15-8-4-3-5-9-15/h6-7,10-12,15,26H,2-5,8-9,13H2,1H3/b17-12-. The molecular formula is C21H24N4O3S. The fourth-order valence-electron chi connectivity index (χ4n) is 3.74. The molecule has 0 spiro atoms. The van der Waals surface area contributed by atoms with E-state index in [0.717, 1.165) is 23.8 Å². The highest BCUT2D eigenvalue weighted by Crippen LogP contribution is 2.35. The summed E-state index contributed by atoms with van der Waals surface area (Å²) in [5, 5.41) is 24.0. The number of hydrogen-bond donors (Lipinski definition) is 1. The summed E-state index contributed by atoms with van der Waals surface area (Å²) in [5.74, 6) is 1.46. The molecular weight excluding hydrogens is 388 g/mol. The van der Waals surface area contributed by atoms with Gasteiger partial charge in [-0.15, -0.1) is 10.2 Å². The summed E-state index contributed by atoms with van der Waals surface area (Å²) in [7, 11) is 0. The molecule has 8 heteroatoms. The van der Waals surface area contributed by atoms with Gasteiger partial charge < -0.3 is 9.84 Å². The Hall–Kier alpha value is -2.61. The van der Waals surface area contributed by atoms with E-state index in [0.29, 0.717) is 28.5 Å². The lowest BCUT2D eigenvalue weighted by molar-refractivity contribution is -0.137. The Labute approximate surface area is 173 Å². The number of esters is 1. The van der Waals surface area contributed by atoms with Crippen LogP contribution in [0.4, 0.5) is 0 Å². The second-order valence-corrected chi connectivity index (χ2v) is 8.14. The molecule has 152 valence electrons. The fourth-order valence-corrected chi connectivity index (χ4v) is 4.57. The predicted octanol–water partition coefficient (Wildman–Crippen LogP) is 3.99. The number of phenols is 1. The molecule has 0 radical (unpaired) electrons. The molecule has 2 aromatic rings. The summed E-state index contributed by atoms with van der Waals surface area (Å²) in [4.78, 5) is 12.7. The van der Waals surface area contributed by atoms with Crippen molar-refractivity contribution in [2.75, 3.05) is 12.4 Å². The third-order valence-corrected chi connectivity index (χ3v) is 6.08. The number of rotatable bonds is 5. The Kier molecular flexibility index (Phi) is 5.99. The fraction of sp³-hybridized carbons (Fsp3) is 0.429. The van der Waals surface area contributed by atoms with E-state index in [1.807, 2.05) is 6.07 Å². The Morgan fingerprint density at radius 1 is 1.31 bits per heavy atom. The van der Waals surface area contributed by atoms with Crippen molar-refractivity contribution in [1.82, 2.24) is 14.9 Å². The van der Waals surface area contributed by atoms with E-state index in [2.05, 4.69) is 10.2 Å².